The van der Waals surface area contributed by atoms with Crippen LogP contribution in [0.4, 0.5) is 0 Å². The Balaban J connectivity index is 0. The van der Waals surface area contributed by atoms with E-state index < -0.39 is 6.04 Å². The molecule has 1 rings (SSSR count). The molecule has 0 aliphatic heterocycles. The SMILES string of the molecule is COCC(N)C(=O)NCCc1ccc(OCCN(C)C)cc1.Cl.Cl. The van der Waals surface area contributed by atoms with E-state index in [4.69, 9.17) is 15.2 Å². The lowest BCUT2D eigenvalue weighted by atomic mass is 10.1. The molecule has 1 atom stereocenters. The third kappa shape index (κ3) is 10.7. The van der Waals surface area contributed by atoms with Gasteiger partial charge >= 0.3 is 0 Å². The molecule has 0 saturated carbocycles. The summed E-state index contributed by atoms with van der Waals surface area (Å²) >= 11 is 0. The van der Waals surface area contributed by atoms with Crippen molar-refractivity contribution in [2.75, 3.05) is 47.5 Å². The highest BCUT2D eigenvalue weighted by Gasteiger charge is 2.11. The van der Waals surface area contributed by atoms with Crippen LogP contribution in [0.1, 0.15) is 5.56 Å². The van der Waals surface area contributed by atoms with Crippen LogP contribution in [0.5, 0.6) is 5.75 Å². The van der Waals surface area contributed by atoms with Crippen LogP contribution in [0.15, 0.2) is 24.3 Å². The van der Waals surface area contributed by atoms with E-state index in [0.717, 1.165) is 24.3 Å². The number of ether oxygens (including phenoxy) is 2. The molecule has 0 radical (unpaired) electrons. The van der Waals surface area contributed by atoms with Crippen LogP contribution in [0.2, 0.25) is 0 Å². The minimum Gasteiger partial charge on any atom is -0.492 e. The van der Waals surface area contributed by atoms with Crippen LogP contribution >= 0.6 is 24.8 Å². The fraction of sp³-hybridized carbons (Fsp3) is 0.562. The Morgan fingerprint density at radius 3 is 2.42 bits per heavy atom. The summed E-state index contributed by atoms with van der Waals surface area (Å²) in [5.74, 6) is 0.669. The lowest BCUT2D eigenvalue weighted by molar-refractivity contribution is -0.123. The van der Waals surface area contributed by atoms with Gasteiger partial charge in [-0.15, -0.1) is 24.8 Å². The molecule has 0 fully saturated rings. The smallest absolute Gasteiger partial charge is 0.239 e. The summed E-state index contributed by atoms with van der Waals surface area (Å²) in [4.78, 5) is 13.7. The average Bonchev–Trinajstić information content (AvgIpc) is 2.48. The summed E-state index contributed by atoms with van der Waals surface area (Å²) in [5, 5.41) is 2.80. The van der Waals surface area contributed by atoms with E-state index >= 15 is 0 Å². The van der Waals surface area contributed by atoms with Gasteiger partial charge in [-0.25, -0.2) is 0 Å². The van der Waals surface area contributed by atoms with Gasteiger partial charge in [0.15, 0.2) is 0 Å². The summed E-state index contributed by atoms with van der Waals surface area (Å²) in [7, 11) is 5.55. The highest BCUT2D eigenvalue weighted by Crippen LogP contribution is 2.12. The maximum atomic E-state index is 11.6. The van der Waals surface area contributed by atoms with E-state index in [-0.39, 0.29) is 37.3 Å². The number of benzene rings is 1. The highest BCUT2D eigenvalue weighted by molar-refractivity contribution is 5.85. The van der Waals surface area contributed by atoms with Gasteiger partial charge in [-0.1, -0.05) is 12.1 Å². The van der Waals surface area contributed by atoms with Crippen molar-refractivity contribution in [3.05, 3.63) is 29.8 Å². The molecule has 140 valence electrons. The number of amides is 1. The second kappa shape index (κ2) is 14.3. The summed E-state index contributed by atoms with van der Waals surface area (Å²) in [6.45, 7) is 2.33. The molecule has 1 unspecified atom stereocenters. The number of carbonyl (C=O) groups is 1. The third-order valence-corrected chi connectivity index (χ3v) is 3.13. The quantitative estimate of drug-likeness (QED) is 0.634. The van der Waals surface area contributed by atoms with Crippen LogP contribution < -0.4 is 15.8 Å². The first kappa shape index (κ1) is 25.2. The van der Waals surface area contributed by atoms with Gasteiger partial charge in [0.2, 0.25) is 5.91 Å². The first-order valence-corrected chi connectivity index (χ1v) is 7.41. The Bertz CT molecular complexity index is 445. The molecule has 0 aliphatic rings. The number of nitrogens with two attached hydrogens (primary N) is 1. The molecule has 0 spiro atoms. The van der Waals surface area contributed by atoms with Crippen molar-refractivity contribution in [3.63, 3.8) is 0 Å². The molecule has 3 N–H and O–H groups in total. The fourth-order valence-electron chi connectivity index (χ4n) is 1.81. The monoisotopic (exact) mass is 381 g/mol. The van der Waals surface area contributed by atoms with Crippen molar-refractivity contribution in [2.45, 2.75) is 12.5 Å². The zero-order chi connectivity index (χ0) is 16.4. The maximum Gasteiger partial charge on any atom is 0.239 e. The summed E-state index contributed by atoms with van der Waals surface area (Å²) < 4.78 is 10.5. The maximum absolute atomic E-state index is 11.6. The molecule has 6 nitrogen and oxygen atoms in total. The molecule has 1 amide bonds. The molecule has 0 saturated heterocycles. The molecule has 1 aromatic rings. The Morgan fingerprint density at radius 1 is 1.25 bits per heavy atom. The number of rotatable bonds is 10. The van der Waals surface area contributed by atoms with Gasteiger partial charge in [0, 0.05) is 20.2 Å². The minimum absolute atomic E-state index is 0. The first-order chi connectivity index (χ1) is 10.5. The molecular weight excluding hydrogens is 353 g/mol. The Labute approximate surface area is 156 Å². The zero-order valence-electron chi connectivity index (χ0n) is 14.5. The van der Waals surface area contributed by atoms with E-state index in [0.29, 0.717) is 13.2 Å². The van der Waals surface area contributed by atoms with Crippen molar-refractivity contribution < 1.29 is 14.3 Å². The molecule has 1 aromatic carbocycles. The summed E-state index contributed by atoms with van der Waals surface area (Å²) in [6.07, 6.45) is 0.753. The molecule has 8 heteroatoms. The Morgan fingerprint density at radius 2 is 1.88 bits per heavy atom. The van der Waals surface area contributed by atoms with Crippen molar-refractivity contribution in [1.29, 1.82) is 0 Å². The highest BCUT2D eigenvalue weighted by atomic mass is 35.5. The predicted molar refractivity (Wildman–Crippen MR) is 102 cm³/mol. The summed E-state index contributed by atoms with van der Waals surface area (Å²) in [5.41, 5.74) is 6.78. The molecular formula is C16H29Cl2N3O3. The minimum atomic E-state index is -0.613. The van der Waals surface area contributed by atoms with E-state index in [1.165, 1.54) is 7.11 Å². The van der Waals surface area contributed by atoms with Crippen LogP contribution in [0, 0.1) is 0 Å². The van der Waals surface area contributed by atoms with Gasteiger partial charge in [0.25, 0.3) is 0 Å². The van der Waals surface area contributed by atoms with Crippen LogP contribution in [0.3, 0.4) is 0 Å². The van der Waals surface area contributed by atoms with Gasteiger partial charge < -0.3 is 25.4 Å². The summed E-state index contributed by atoms with van der Waals surface area (Å²) in [6, 6.07) is 7.29. The fourth-order valence-corrected chi connectivity index (χ4v) is 1.81. The van der Waals surface area contributed by atoms with E-state index in [2.05, 4.69) is 10.2 Å². The van der Waals surface area contributed by atoms with E-state index in [9.17, 15) is 4.79 Å². The first-order valence-electron chi connectivity index (χ1n) is 7.41. The molecule has 0 bridgehead atoms. The van der Waals surface area contributed by atoms with Crippen molar-refractivity contribution in [2.24, 2.45) is 5.73 Å². The lowest BCUT2D eigenvalue weighted by Gasteiger charge is -2.12. The molecule has 24 heavy (non-hydrogen) atoms. The van der Waals surface area contributed by atoms with Gasteiger partial charge in [-0.3, -0.25) is 4.79 Å². The number of likely N-dealkylation sites (N-methyl/N-ethyl adjacent to an activating group) is 1. The number of nitrogens with one attached hydrogen (secondary N) is 1. The number of hydrogen-bond donors (Lipinski definition) is 2. The average molecular weight is 382 g/mol. The standard InChI is InChI=1S/C16H27N3O3.2ClH/c1-19(2)10-11-22-14-6-4-13(5-7-14)8-9-18-16(20)15(17)12-21-3;;/h4-7,15H,8-12,17H2,1-3H3,(H,18,20);2*1H. The van der Waals surface area contributed by atoms with Gasteiger partial charge in [-0.2, -0.15) is 0 Å². The molecule has 0 heterocycles. The zero-order valence-corrected chi connectivity index (χ0v) is 16.1. The van der Waals surface area contributed by atoms with Crippen molar-refractivity contribution in [1.82, 2.24) is 10.2 Å². The van der Waals surface area contributed by atoms with E-state index in [1.54, 1.807) is 0 Å². The van der Waals surface area contributed by atoms with Crippen LogP contribution in [0.25, 0.3) is 0 Å². The van der Waals surface area contributed by atoms with Gasteiger partial charge in [-0.05, 0) is 38.2 Å². The topological polar surface area (TPSA) is 76.8 Å². The molecule has 0 aromatic heterocycles. The number of carbonyl (C=O) groups excluding carboxylic acids is 1. The third-order valence-electron chi connectivity index (χ3n) is 3.13. The van der Waals surface area contributed by atoms with Crippen LogP contribution in [-0.4, -0.2) is 64.4 Å². The number of hydrogen-bond acceptors (Lipinski definition) is 5. The normalized spacial score (nSPS) is 11.2. The van der Waals surface area contributed by atoms with E-state index in [1.807, 2.05) is 38.4 Å². The van der Waals surface area contributed by atoms with Gasteiger partial charge in [0.1, 0.15) is 18.4 Å². The number of nitrogens with zero attached hydrogens (tertiary/aromatic N) is 1. The second-order valence-electron chi connectivity index (χ2n) is 5.40. The van der Waals surface area contributed by atoms with Crippen LogP contribution in [-0.2, 0) is 16.0 Å². The second-order valence-corrected chi connectivity index (χ2v) is 5.40. The number of halogens is 2. The predicted octanol–water partition coefficient (Wildman–Crippen LogP) is 1.10. The number of methoxy groups -OCH3 is 1. The van der Waals surface area contributed by atoms with Crippen molar-refractivity contribution >= 4 is 30.7 Å². The Kier molecular flexibility index (Phi) is 15.0. The lowest BCUT2D eigenvalue weighted by Crippen LogP contribution is -2.44. The van der Waals surface area contributed by atoms with Crippen molar-refractivity contribution in [3.8, 4) is 5.75 Å². The Hall–Kier alpha value is -1.05. The molecule has 0 aliphatic carbocycles. The largest absolute Gasteiger partial charge is 0.492 e. The van der Waals surface area contributed by atoms with Gasteiger partial charge in [0.05, 0.1) is 6.61 Å².